The van der Waals surface area contributed by atoms with E-state index in [4.69, 9.17) is 5.26 Å². The third-order valence-corrected chi connectivity index (χ3v) is 2.44. The summed E-state index contributed by atoms with van der Waals surface area (Å²) in [5.41, 5.74) is 0.319. The van der Waals surface area contributed by atoms with E-state index in [1.165, 1.54) is 6.20 Å². The number of aryl methyl sites for hydroxylation is 1. The summed E-state index contributed by atoms with van der Waals surface area (Å²) < 4.78 is 1.95. The van der Waals surface area contributed by atoms with Gasteiger partial charge in [-0.15, -0.1) is 0 Å². The number of aromatic nitrogens is 4. The zero-order chi connectivity index (χ0) is 12.3. The highest BCUT2D eigenvalue weighted by Gasteiger charge is 2.07. The van der Waals surface area contributed by atoms with Crippen LogP contribution in [0.5, 0.6) is 0 Å². The largest absolute Gasteiger partial charge is 0.351 e. The fourth-order valence-electron chi connectivity index (χ4n) is 1.42. The molecule has 0 saturated carbocycles. The van der Waals surface area contributed by atoms with E-state index >= 15 is 0 Å². The molecule has 0 unspecified atom stereocenters. The van der Waals surface area contributed by atoms with Crippen molar-refractivity contribution in [2.24, 2.45) is 7.05 Å². The maximum atomic E-state index is 8.63. The normalized spacial score (nSPS) is 9.94. The van der Waals surface area contributed by atoms with Crippen LogP contribution >= 0.6 is 0 Å². The van der Waals surface area contributed by atoms with E-state index in [-0.39, 0.29) is 0 Å². The second-order valence-electron chi connectivity index (χ2n) is 3.68. The van der Waals surface area contributed by atoms with Gasteiger partial charge in [0.25, 0.3) is 0 Å². The van der Waals surface area contributed by atoms with Crippen LogP contribution in [-0.4, -0.2) is 26.6 Å². The molecule has 0 fully saturated rings. The van der Waals surface area contributed by atoms with Crippen LogP contribution in [-0.2, 0) is 13.6 Å². The van der Waals surface area contributed by atoms with E-state index < -0.39 is 0 Å². The predicted molar refractivity (Wildman–Crippen MR) is 62.1 cm³/mol. The summed E-state index contributed by atoms with van der Waals surface area (Å²) in [5.74, 6) is 1.66. The van der Waals surface area contributed by atoms with E-state index in [0.717, 1.165) is 5.82 Å². The topological polar surface area (TPSA) is 70.6 Å². The number of nitrogens with zero attached hydrogens (tertiary/aromatic N) is 6. The van der Waals surface area contributed by atoms with Gasteiger partial charge in [0.2, 0.25) is 0 Å². The van der Waals surface area contributed by atoms with Crippen LogP contribution in [0.15, 0.2) is 24.8 Å². The number of hydrogen-bond acceptors (Lipinski definition) is 5. The minimum absolute atomic E-state index is 0.319. The highest BCUT2D eigenvalue weighted by Crippen LogP contribution is 2.09. The molecule has 0 amide bonds. The van der Waals surface area contributed by atoms with Crippen molar-refractivity contribution in [3.8, 4) is 6.07 Å². The monoisotopic (exact) mass is 228 g/mol. The van der Waals surface area contributed by atoms with Crippen LogP contribution < -0.4 is 4.90 Å². The van der Waals surface area contributed by atoms with Gasteiger partial charge in [-0.05, 0) is 0 Å². The Morgan fingerprint density at radius 2 is 2.18 bits per heavy atom. The highest BCUT2D eigenvalue weighted by molar-refractivity contribution is 5.36. The summed E-state index contributed by atoms with van der Waals surface area (Å²) in [6, 6.07) is 1.94. The first-order chi connectivity index (χ1) is 8.20. The second-order valence-corrected chi connectivity index (χ2v) is 3.68. The average Bonchev–Trinajstić information content (AvgIpc) is 2.75. The van der Waals surface area contributed by atoms with Gasteiger partial charge in [-0.25, -0.2) is 15.0 Å². The summed E-state index contributed by atoms with van der Waals surface area (Å²) in [4.78, 5) is 14.3. The third kappa shape index (κ3) is 2.39. The van der Waals surface area contributed by atoms with Crippen molar-refractivity contribution < 1.29 is 0 Å². The zero-order valence-electron chi connectivity index (χ0n) is 9.70. The van der Waals surface area contributed by atoms with E-state index in [2.05, 4.69) is 15.0 Å². The van der Waals surface area contributed by atoms with E-state index in [9.17, 15) is 0 Å². The van der Waals surface area contributed by atoms with Crippen LogP contribution in [0.4, 0.5) is 5.82 Å². The molecule has 2 rings (SSSR count). The predicted octanol–water partition coefficient (Wildman–Crippen LogP) is 0.718. The fourth-order valence-corrected chi connectivity index (χ4v) is 1.42. The Labute approximate surface area is 99.2 Å². The molecule has 0 aromatic carbocycles. The summed E-state index contributed by atoms with van der Waals surface area (Å²) in [7, 11) is 3.85. The van der Waals surface area contributed by atoms with Gasteiger partial charge in [0.15, 0.2) is 5.69 Å². The number of hydrogen-bond donors (Lipinski definition) is 0. The van der Waals surface area contributed by atoms with Crippen LogP contribution in [0.2, 0.25) is 0 Å². The molecule has 0 N–H and O–H groups in total. The highest BCUT2D eigenvalue weighted by atomic mass is 15.2. The van der Waals surface area contributed by atoms with E-state index in [0.29, 0.717) is 18.1 Å². The summed E-state index contributed by atoms with van der Waals surface area (Å²) in [6.45, 7) is 0.643. The number of rotatable bonds is 3. The molecule has 17 heavy (non-hydrogen) atoms. The lowest BCUT2D eigenvalue weighted by Gasteiger charge is -2.16. The molecule has 0 atom stereocenters. The van der Waals surface area contributed by atoms with Gasteiger partial charge >= 0.3 is 0 Å². The second kappa shape index (κ2) is 4.61. The van der Waals surface area contributed by atoms with Crippen molar-refractivity contribution in [3.05, 3.63) is 36.3 Å². The first-order valence-electron chi connectivity index (χ1n) is 5.10. The van der Waals surface area contributed by atoms with Gasteiger partial charge < -0.3 is 9.47 Å². The number of anilines is 1. The zero-order valence-corrected chi connectivity index (χ0v) is 9.70. The minimum atomic E-state index is 0.319. The molecule has 6 nitrogen and oxygen atoms in total. The Hall–Kier alpha value is -2.42. The molecule has 0 aliphatic rings. The Balaban J connectivity index is 2.12. The molecule has 0 aliphatic carbocycles. The maximum absolute atomic E-state index is 8.63. The van der Waals surface area contributed by atoms with Crippen LogP contribution in [0, 0.1) is 11.3 Å². The molecule has 86 valence electrons. The Morgan fingerprint density at radius 3 is 2.71 bits per heavy atom. The van der Waals surface area contributed by atoms with Crippen LogP contribution in [0.1, 0.15) is 11.5 Å². The molecule has 0 aliphatic heterocycles. The maximum Gasteiger partial charge on any atom is 0.158 e. The molecule has 2 heterocycles. The van der Waals surface area contributed by atoms with Crippen molar-refractivity contribution >= 4 is 5.82 Å². The van der Waals surface area contributed by atoms with Crippen LogP contribution in [0.25, 0.3) is 0 Å². The molecule has 0 spiro atoms. The lowest BCUT2D eigenvalue weighted by atomic mass is 10.4. The van der Waals surface area contributed by atoms with Crippen LogP contribution in [0.3, 0.4) is 0 Å². The molecular formula is C11H12N6. The van der Waals surface area contributed by atoms with Gasteiger partial charge in [0.05, 0.1) is 18.9 Å². The standard InChI is InChI=1S/C11H12N6/c1-16-4-3-13-11(16)8-17(2)10-7-14-9(5-12)6-15-10/h3-4,6-7H,8H2,1-2H3. The molecule has 0 radical (unpaired) electrons. The van der Waals surface area contributed by atoms with E-state index in [1.54, 1.807) is 12.4 Å². The molecule has 2 aromatic rings. The lowest BCUT2D eigenvalue weighted by molar-refractivity contribution is 0.753. The molecule has 0 bridgehead atoms. The van der Waals surface area contributed by atoms with Gasteiger partial charge in [-0.3, -0.25) is 0 Å². The Kier molecular flexibility index (Phi) is 3.01. The van der Waals surface area contributed by atoms with Gasteiger partial charge in [-0.1, -0.05) is 0 Å². The number of nitriles is 1. The van der Waals surface area contributed by atoms with Gasteiger partial charge in [0, 0.05) is 26.5 Å². The van der Waals surface area contributed by atoms with Crippen molar-refractivity contribution in [1.82, 2.24) is 19.5 Å². The molecule has 0 saturated heterocycles. The lowest BCUT2D eigenvalue weighted by Crippen LogP contribution is -2.20. The molecule has 6 heteroatoms. The molecule has 2 aromatic heterocycles. The Morgan fingerprint density at radius 1 is 1.35 bits per heavy atom. The number of imidazole rings is 1. The van der Waals surface area contributed by atoms with Crippen molar-refractivity contribution in [3.63, 3.8) is 0 Å². The average molecular weight is 228 g/mol. The van der Waals surface area contributed by atoms with Crippen molar-refractivity contribution in [2.75, 3.05) is 11.9 Å². The fraction of sp³-hybridized carbons (Fsp3) is 0.273. The minimum Gasteiger partial charge on any atom is -0.351 e. The Bertz CT molecular complexity index is 536. The summed E-state index contributed by atoms with van der Waals surface area (Å²) >= 11 is 0. The first kappa shape index (κ1) is 11.1. The van der Waals surface area contributed by atoms with Crippen molar-refractivity contribution in [2.45, 2.75) is 6.54 Å². The summed E-state index contributed by atoms with van der Waals surface area (Å²) in [5, 5.41) is 8.63. The van der Waals surface area contributed by atoms with Crippen molar-refractivity contribution in [1.29, 1.82) is 5.26 Å². The smallest absolute Gasteiger partial charge is 0.158 e. The summed E-state index contributed by atoms with van der Waals surface area (Å²) in [6.07, 6.45) is 6.70. The van der Waals surface area contributed by atoms with Gasteiger partial charge in [0.1, 0.15) is 17.7 Å². The third-order valence-electron chi connectivity index (χ3n) is 2.44. The molecular weight excluding hydrogens is 216 g/mol. The first-order valence-corrected chi connectivity index (χ1v) is 5.10. The van der Waals surface area contributed by atoms with E-state index in [1.807, 2.05) is 35.8 Å². The SMILES string of the molecule is CN(Cc1nccn1C)c1cnc(C#N)cn1. The quantitative estimate of drug-likeness (QED) is 0.774. The van der Waals surface area contributed by atoms with Gasteiger partial charge in [-0.2, -0.15) is 5.26 Å².